The number of thioether (sulfide) groups is 1. The molecule has 2 N–H and O–H groups in total. The third kappa shape index (κ3) is 5.17. The number of aliphatic hydroxyl groups is 1. The van der Waals surface area contributed by atoms with Crippen molar-refractivity contribution in [2.45, 2.75) is 41.9 Å². The van der Waals surface area contributed by atoms with Crippen LogP contribution in [0.4, 0.5) is 18.9 Å². The lowest BCUT2D eigenvalue weighted by Gasteiger charge is -2.25. The molecule has 1 saturated carbocycles. The van der Waals surface area contributed by atoms with Crippen molar-refractivity contribution in [3.63, 3.8) is 0 Å². The van der Waals surface area contributed by atoms with Gasteiger partial charge in [-0.1, -0.05) is 0 Å². The second-order valence-corrected chi connectivity index (χ2v) is 8.91. The fourth-order valence-electron chi connectivity index (χ4n) is 2.91. The lowest BCUT2D eigenvalue weighted by Crippen LogP contribution is -2.19. The van der Waals surface area contributed by atoms with Crippen LogP contribution in [-0.2, 0) is 0 Å². The van der Waals surface area contributed by atoms with Crippen LogP contribution in [0.15, 0.2) is 35.2 Å². The van der Waals surface area contributed by atoms with Gasteiger partial charge < -0.3 is 10.4 Å². The van der Waals surface area contributed by atoms with Crippen molar-refractivity contribution < 1.29 is 23.1 Å². The first-order chi connectivity index (χ1) is 12.8. The molecule has 0 atom stereocenters. The van der Waals surface area contributed by atoms with Crippen LogP contribution in [-0.4, -0.2) is 22.4 Å². The van der Waals surface area contributed by atoms with E-state index in [9.17, 15) is 23.1 Å². The number of anilines is 1. The Balaban J connectivity index is 1.74. The van der Waals surface area contributed by atoms with Crippen LogP contribution in [0.5, 0.6) is 0 Å². The maximum absolute atomic E-state index is 13.3. The molecule has 2 aromatic rings. The van der Waals surface area contributed by atoms with Gasteiger partial charge >= 0.3 is 0 Å². The molecule has 144 valence electrons. The van der Waals surface area contributed by atoms with Crippen molar-refractivity contribution in [3.05, 3.63) is 56.9 Å². The van der Waals surface area contributed by atoms with Gasteiger partial charge in [-0.05, 0) is 66.5 Å². The maximum Gasteiger partial charge on any atom is 0.255 e. The molecule has 0 spiro atoms. The Hall–Kier alpha value is -1.26. The average Bonchev–Trinajstić information content (AvgIpc) is 2.63. The van der Waals surface area contributed by atoms with Gasteiger partial charge in [-0.25, -0.2) is 13.2 Å². The molecule has 1 fully saturated rings. The van der Waals surface area contributed by atoms with Gasteiger partial charge in [0.1, 0.15) is 0 Å². The largest absolute Gasteiger partial charge is 0.393 e. The van der Waals surface area contributed by atoms with Gasteiger partial charge in [-0.15, -0.1) is 11.8 Å². The van der Waals surface area contributed by atoms with Gasteiger partial charge in [0, 0.05) is 37.1 Å². The van der Waals surface area contributed by atoms with Crippen LogP contribution in [0.2, 0.25) is 0 Å². The lowest BCUT2D eigenvalue weighted by atomic mass is 9.97. The van der Waals surface area contributed by atoms with Gasteiger partial charge in [0.25, 0.3) is 5.91 Å². The summed E-state index contributed by atoms with van der Waals surface area (Å²) in [7, 11) is 0. The number of halogens is 4. The van der Waals surface area contributed by atoms with Crippen molar-refractivity contribution in [2.24, 2.45) is 0 Å². The summed E-state index contributed by atoms with van der Waals surface area (Å²) in [6.45, 7) is 0. The van der Waals surface area contributed by atoms with E-state index in [0.717, 1.165) is 46.3 Å². The highest BCUT2D eigenvalue weighted by Crippen LogP contribution is 2.36. The molecule has 27 heavy (non-hydrogen) atoms. The Labute approximate surface area is 172 Å². The summed E-state index contributed by atoms with van der Waals surface area (Å²) in [5, 5.41) is 12.4. The molecule has 0 unspecified atom stereocenters. The molecule has 2 aromatic carbocycles. The fourth-order valence-corrected chi connectivity index (χ4v) is 4.87. The van der Waals surface area contributed by atoms with Crippen LogP contribution >= 0.6 is 34.4 Å². The second kappa shape index (κ2) is 8.83. The highest BCUT2D eigenvalue weighted by Gasteiger charge is 2.21. The van der Waals surface area contributed by atoms with Gasteiger partial charge in [-0.3, -0.25) is 4.79 Å². The average molecular weight is 507 g/mol. The Morgan fingerprint density at radius 1 is 1.07 bits per heavy atom. The van der Waals surface area contributed by atoms with Crippen molar-refractivity contribution in [2.75, 3.05) is 5.32 Å². The first-order valence-electron chi connectivity index (χ1n) is 8.43. The minimum Gasteiger partial charge on any atom is -0.393 e. The fraction of sp³-hybridized carbons (Fsp3) is 0.316. The lowest BCUT2D eigenvalue weighted by molar-refractivity contribution is 0.102. The second-order valence-electron chi connectivity index (χ2n) is 6.40. The summed E-state index contributed by atoms with van der Waals surface area (Å²) >= 11 is 3.86. The predicted octanol–water partition coefficient (Wildman–Crippen LogP) is 5.36. The van der Waals surface area contributed by atoms with Crippen molar-refractivity contribution >= 4 is 45.9 Å². The molecule has 0 radical (unpaired) electrons. The van der Waals surface area contributed by atoms with Crippen LogP contribution in [0.3, 0.4) is 0 Å². The molecule has 0 aromatic heterocycles. The first kappa shape index (κ1) is 20.5. The third-order valence-corrected chi connectivity index (χ3v) is 7.08. The molecule has 1 aliphatic carbocycles. The quantitative estimate of drug-likeness (QED) is 0.433. The van der Waals surface area contributed by atoms with Crippen molar-refractivity contribution in [3.8, 4) is 0 Å². The first-order valence-corrected chi connectivity index (χ1v) is 10.4. The van der Waals surface area contributed by atoms with Crippen LogP contribution in [0.25, 0.3) is 0 Å². The number of amides is 1. The number of hydrogen-bond acceptors (Lipinski definition) is 3. The molecule has 0 heterocycles. The number of nitrogens with one attached hydrogen (secondary N) is 1. The third-order valence-electron chi connectivity index (χ3n) is 4.37. The Morgan fingerprint density at radius 3 is 2.33 bits per heavy atom. The van der Waals surface area contributed by atoms with E-state index in [-0.39, 0.29) is 11.8 Å². The molecule has 0 saturated heterocycles. The standard InChI is InChI=1S/C19H17F3INO2S/c20-14-8-11(9-15(21)18(14)22)24-19(26)10-1-6-16(23)17(7-10)27-13-4-2-12(25)3-5-13/h1,6-9,12-13,25H,2-5H2,(H,24,26). The Morgan fingerprint density at radius 2 is 1.70 bits per heavy atom. The van der Waals surface area contributed by atoms with E-state index < -0.39 is 23.4 Å². The summed E-state index contributed by atoms with van der Waals surface area (Å²) in [6, 6.07) is 6.66. The zero-order valence-electron chi connectivity index (χ0n) is 14.1. The van der Waals surface area contributed by atoms with Crippen LogP contribution < -0.4 is 5.32 Å². The summed E-state index contributed by atoms with van der Waals surface area (Å²) in [4.78, 5) is 13.4. The number of rotatable bonds is 4. The molecular formula is C19H17F3INO2S. The summed E-state index contributed by atoms with van der Waals surface area (Å²) in [6.07, 6.45) is 3.14. The van der Waals surface area contributed by atoms with E-state index in [2.05, 4.69) is 27.9 Å². The highest BCUT2D eigenvalue weighted by atomic mass is 127. The normalized spacial score (nSPS) is 19.7. The van der Waals surface area contributed by atoms with Gasteiger partial charge in [0.2, 0.25) is 0 Å². The number of benzene rings is 2. The maximum atomic E-state index is 13.3. The Bertz CT molecular complexity index is 834. The van der Waals surface area contributed by atoms with Gasteiger partial charge in [0.05, 0.1) is 6.10 Å². The molecule has 3 nitrogen and oxygen atoms in total. The number of carbonyl (C=O) groups excluding carboxylic acids is 1. The summed E-state index contributed by atoms with van der Waals surface area (Å²) in [5.74, 6) is -4.82. The highest BCUT2D eigenvalue weighted by molar-refractivity contribution is 14.1. The Kier molecular flexibility index (Phi) is 6.69. The van der Waals surface area contributed by atoms with E-state index in [4.69, 9.17) is 0 Å². The zero-order chi connectivity index (χ0) is 19.6. The minimum atomic E-state index is -1.57. The van der Waals surface area contributed by atoms with Crippen LogP contribution in [0, 0.1) is 21.0 Å². The minimum absolute atomic E-state index is 0.148. The molecular weight excluding hydrogens is 490 g/mol. The van der Waals surface area contributed by atoms with Gasteiger partial charge in [0.15, 0.2) is 17.5 Å². The molecule has 0 bridgehead atoms. The van der Waals surface area contributed by atoms with Gasteiger partial charge in [-0.2, -0.15) is 0 Å². The number of hydrogen-bond donors (Lipinski definition) is 2. The summed E-state index contributed by atoms with van der Waals surface area (Å²) in [5.41, 5.74) is 0.198. The number of aliphatic hydroxyl groups excluding tert-OH is 1. The summed E-state index contributed by atoms with van der Waals surface area (Å²) < 4.78 is 40.7. The van der Waals surface area contributed by atoms with Crippen molar-refractivity contribution in [1.29, 1.82) is 0 Å². The van der Waals surface area contributed by atoms with E-state index in [1.54, 1.807) is 30.0 Å². The van der Waals surface area contributed by atoms with E-state index >= 15 is 0 Å². The molecule has 1 amide bonds. The monoisotopic (exact) mass is 507 g/mol. The van der Waals surface area contributed by atoms with E-state index in [1.807, 2.05) is 0 Å². The SMILES string of the molecule is O=C(Nc1cc(F)c(F)c(F)c1)c1ccc(I)c(SC2CCC(O)CC2)c1. The van der Waals surface area contributed by atoms with Crippen molar-refractivity contribution in [1.82, 2.24) is 0 Å². The molecule has 8 heteroatoms. The molecule has 0 aliphatic heterocycles. The zero-order valence-corrected chi connectivity index (χ0v) is 17.1. The van der Waals surface area contributed by atoms with E-state index in [0.29, 0.717) is 10.8 Å². The van der Waals surface area contributed by atoms with Crippen LogP contribution in [0.1, 0.15) is 36.0 Å². The number of carbonyl (C=O) groups is 1. The predicted molar refractivity (Wildman–Crippen MR) is 108 cm³/mol. The molecule has 1 aliphatic rings. The smallest absolute Gasteiger partial charge is 0.255 e. The molecule has 3 rings (SSSR count). The topological polar surface area (TPSA) is 49.3 Å². The van der Waals surface area contributed by atoms with E-state index in [1.165, 1.54) is 0 Å².